The van der Waals surface area contributed by atoms with Gasteiger partial charge in [0.2, 0.25) is 6.54 Å². The van der Waals surface area contributed by atoms with E-state index >= 15 is 0 Å². The molecule has 2 N–H and O–H groups in total. The highest BCUT2D eigenvalue weighted by Gasteiger charge is 2.10. The van der Waals surface area contributed by atoms with Gasteiger partial charge in [0.25, 0.3) is 5.91 Å². The van der Waals surface area contributed by atoms with E-state index in [4.69, 9.17) is 5.11 Å². The second kappa shape index (κ2) is 6.71. The zero-order valence-corrected chi connectivity index (χ0v) is 11.3. The molecule has 104 valence electrons. The number of rotatable bonds is 6. The van der Waals surface area contributed by atoms with E-state index in [-0.39, 0.29) is 25.4 Å². The summed E-state index contributed by atoms with van der Waals surface area (Å²) in [6.45, 7) is 0.285. The van der Waals surface area contributed by atoms with Gasteiger partial charge in [-0.15, -0.1) is 0 Å². The molecule has 0 aliphatic carbocycles. The second-order valence-corrected chi connectivity index (χ2v) is 4.78. The van der Waals surface area contributed by atoms with E-state index < -0.39 is 5.97 Å². The maximum atomic E-state index is 11.6. The van der Waals surface area contributed by atoms with Crippen molar-refractivity contribution in [3.8, 4) is 10.6 Å². The number of hydrogen-bond donors (Lipinski definition) is 2. The van der Waals surface area contributed by atoms with Gasteiger partial charge in [0.15, 0.2) is 12.4 Å². The first kappa shape index (κ1) is 14.1. The van der Waals surface area contributed by atoms with Crippen molar-refractivity contribution in [3.63, 3.8) is 0 Å². The van der Waals surface area contributed by atoms with Gasteiger partial charge < -0.3 is 10.4 Å². The van der Waals surface area contributed by atoms with Crippen LogP contribution in [0.2, 0.25) is 0 Å². The number of carbonyl (C=O) groups is 2. The van der Waals surface area contributed by atoms with Gasteiger partial charge in [0, 0.05) is 24.2 Å². The smallest absolute Gasteiger partial charge is 0.305 e. The summed E-state index contributed by atoms with van der Waals surface area (Å²) in [4.78, 5) is 26.0. The lowest BCUT2D eigenvalue weighted by atomic mass is 10.3. The number of carboxylic acids is 1. The van der Waals surface area contributed by atoms with Crippen molar-refractivity contribution in [3.05, 3.63) is 30.9 Å². The molecule has 0 unspecified atom stereocenters. The van der Waals surface area contributed by atoms with Crippen LogP contribution in [-0.2, 0) is 16.1 Å². The van der Waals surface area contributed by atoms with Crippen molar-refractivity contribution in [2.75, 3.05) is 6.54 Å². The fraction of sp³-hybridized carbons (Fsp3) is 0.250. The first-order valence-electron chi connectivity index (χ1n) is 5.90. The van der Waals surface area contributed by atoms with Crippen LogP contribution in [0.3, 0.4) is 0 Å². The predicted molar refractivity (Wildman–Crippen MR) is 70.8 cm³/mol. The molecule has 0 atom stereocenters. The van der Waals surface area contributed by atoms with Gasteiger partial charge in [0.05, 0.1) is 6.42 Å². The number of amides is 1. The van der Waals surface area contributed by atoms with E-state index in [1.807, 2.05) is 12.1 Å². The van der Waals surface area contributed by atoms with Crippen molar-refractivity contribution in [2.45, 2.75) is 13.0 Å². The normalized spacial score (nSPS) is 10.2. The fourth-order valence-corrected chi connectivity index (χ4v) is 2.07. The summed E-state index contributed by atoms with van der Waals surface area (Å²) in [5.74, 6) is -1.15. The highest BCUT2D eigenvalue weighted by Crippen LogP contribution is 2.17. The predicted octanol–water partition coefficient (Wildman–Crippen LogP) is 0.0835. The number of nitrogens with zero attached hydrogens (tertiary/aromatic N) is 3. The van der Waals surface area contributed by atoms with Gasteiger partial charge in [-0.1, -0.05) is 0 Å². The topological polar surface area (TPSA) is 96.1 Å². The molecule has 0 saturated heterocycles. The molecular weight excluding hydrogens is 280 g/mol. The summed E-state index contributed by atoms with van der Waals surface area (Å²) >= 11 is 1.30. The van der Waals surface area contributed by atoms with Crippen molar-refractivity contribution in [2.24, 2.45) is 0 Å². The maximum absolute atomic E-state index is 11.6. The average Bonchev–Trinajstić information content (AvgIpc) is 2.93. The molecule has 1 amide bonds. The zero-order valence-electron chi connectivity index (χ0n) is 10.5. The van der Waals surface area contributed by atoms with Gasteiger partial charge in [0.1, 0.15) is 11.3 Å². The number of aliphatic carboxylic acids is 1. The standard InChI is InChI=1S/C12H12N4O3S/c17-10(13-4-1-11(18)19)7-16-5-2-9(3-6-16)12-14-8-15-20-12/h2-3,5-6,8H,1,4,7H2,(H-,13,17,18,19)/p+1. The fourth-order valence-electron chi connectivity index (χ4n) is 1.54. The number of nitrogens with one attached hydrogen (secondary N) is 1. The molecule has 8 heteroatoms. The lowest BCUT2D eigenvalue weighted by Crippen LogP contribution is -2.42. The molecule has 0 radical (unpaired) electrons. The number of pyridine rings is 1. The van der Waals surface area contributed by atoms with Crippen LogP contribution in [0.1, 0.15) is 6.42 Å². The van der Waals surface area contributed by atoms with Crippen LogP contribution in [-0.4, -0.2) is 32.9 Å². The zero-order chi connectivity index (χ0) is 14.4. The minimum absolute atomic E-state index is 0.0770. The second-order valence-electron chi connectivity index (χ2n) is 4.00. The van der Waals surface area contributed by atoms with Crippen molar-refractivity contribution in [1.29, 1.82) is 0 Å². The highest BCUT2D eigenvalue weighted by atomic mass is 32.1. The van der Waals surface area contributed by atoms with Crippen LogP contribution < -0.4 is 9.88 Å². The lowest BCUT2D eigenvalue weighted by molar-refractivity contribution is -0.684. The molecule has 0 fully saturated rings. The molecule has 0 spiro atoms. The third-order valence-corrected chi connectivity index (χ3v) is 3.20. The molecular formula is C12H13N4O3S+. The van der Waals surface area contributed by atoms with Crippen LogP contribution in [0.25, 0.3) is 10.6 Å². The summed E-state index contributed by atoms with van der Waals surface area (Å²) in [6, 6.07) is 3.70. The molecule has 2 aromatic rings. The Bertz CT molecular complexity index is 583. The van der Waals surface area contributed by atoms with Crippen LogP contribution in [0.4, 0.5) is 0 Å². The Morgan fingerprint density at radius 1 is 1.35 bits per heavy atom. The third-order valence-electron chi connectivity index (χ3n) is 2.49. The number of carbonyl (C=O) groups excluding carboxylic acids is 1. The summed E-state index contributed by atoms with van der Waals surface area (Å²) in [6.07, 6.45) is 4.96. The summed E-state index contributed by atoms with van der Waals surface area (Å²) < 4.78 is 5.64. The van der Waals surface area contributed by atoms with Gasteiger partial charge in [-0.2, -0.15) is 8.94 Å². The first-order valence-corrected chi connectivity index (χ1v) is 6.67. The molecule has 0 aliphatic heterocycles. The highest BCUT2D eigenvalue weighted by molar-refractivity contribution is 7.09. The molecule has 20 heavy (non-hydrogen) atoms. The average molecular weight is 293 g/mol. The largest absolute Gasteiger partial charge is 0.481 e. The number of hydrogen-bond acceptors (Lipinski definition) is 5. The molecule has 0 bridgehead atoms. The molecule has 2 rings (SSSR count). The minimum atomic E-state index is -0.931. The molecule has 0 saturated carbocycles. The Balaban J connectivity index is 1.87. The lowest BCUT2D eigenvalue weighted by Gasteiger charge is -2.01. The van der Waals surface area contributed by atoms with Crippen LogP contribution >= 0.6 is 11.5 Å². The van der Waals surface area contributed by atoms with Gasteiger partial charge >= 0.3 is 5.97 Å². The van der Waals surface area contributed by atoms with Crippen molar-refractivity contribution < 1.29 is 19.3 Å². The monoisotopic (exact) mass is 293 g/mol. The van der Waals surface area contributed by atoms with Crippen LogP contribution in [0.15, 0.2) is 30.9 Å². The Morgan fingerprint density at radius 3 is 2.70 bits per heavy atom. The minimum Gasteiger partial charge on any atom is -0.481 e. The molecule has 0 aromatic carbocycles. The Labute approximate surface area is 119 Å². The van der Waals surface area contributed by atoms with Crippen LogP contribution in [0.5, 0.6) is 0 Å². The summed E-state index contributed by atoms with van der Waals surface area (Å²) in [7, 11) is 0. The van der Waals surface area contributed by atoms with Crippen molar-refractivity contribution >= 4 is 23.4 Å². The molecule has 2 aromatic heterocycles. The molecule has 2 heterocycles. The van der Waals surface area contributed by atoms with E-state index in [9.17, 15) is 9.59 Å². The van der Waals surface area contributed by atoms with Gasteiger partial charge in [-0.05, 0) is 11.5 Å². The summed E-state index contributed by atoms with van der Waals surface area (Å²) in [5, 5.41) is 11.8. The van der Waals surface area contributed by atoms with Gasteiger partial charge in [-0.3, -0.25) is 9.59 Å². The van der Waals surface area contributed by atoms with E-state index in [0.717, 1.165) is 10.6 Å². The Kier molecular flexibility index (Phi) is 4.72. The quantitative estimate of drug-likeness (QED) is 0.736. The number of aromatic nitrogens is 3. The van der Waals surface area contributed by atoms with E-state index in [2.05, 4.69) is 14.7 Å². The van der Waals surface area contributed by atoms with E-state index in [1.165, 1.54) is 17.9 Å². The SMILES string of the molecule is O=C(O)CCNC(=O)C[n+]1ccc(-c2ncns2)cc1. The molecule has 7 nitrogen and oxygen atoms in total. The van der Waals surface area contributed by atoms with Crippen molar-refractivity contribution in [1.82, 2.24) is 14.7 Å². The maximum Gasteiger partial charge on any atom is 0.305 e. The Hall–Kier alpha value is -2.35. The van der Waals surface area contributed by atoms with E-state index in [0.29, 0.717) is 0 Å². The Morgan fingerprint density at radius 2 is 2.10 bits per heavy atom. The molecule has 0 aliphatic rings. The van der Waals surface area contributed by atoms with Crippen LogP contribution in [0, 0.1) is 0 Å². The summed E-state index contributed by atoms with van der Waals surface area (Å²) in [5.41, 5.74) is 0.940. The number of carboxylic acid groups (broad SMARTS) is 1. The van der Waals surface area contributed by atoms with E-state index in [1.54, 1.807) is 17.0 Å². The third kappa shape index (κ3) is 4.09. The first-order chi connectivity index (χ1) is 9.65. The van der Waals surface area contributed by atoms with Gasteiger partial charge in [-0.25, -0.2) is 4.98 Å².